The highest BCUT2D eigenvalue weighted by molar-refractivity contribution is 7.80. The molecule has 10 heteroatoms. The number of nitrogens with two attached hydrogens (primary N) is 1. The van der Waals surface area contributed by atoms with Crippen molar-refractivity contribution < 1.29 is 24.3 Å². The third-order valence-electron chi connectivity index (χ3n) is 3.64. The first kappa shape index (κ1) is 25.2. The van der Waals surface area contributed by atoms with E-state index in [2.05, 4.69) is 28.6 Å². The molecule has 0 spiro atoms. The Labute approximate surface area is 165 Å². The zero-order chi connectivity index (χ0) is 21.1. The van der Waals surface area contributed by atoms with Crippen LogP contribution >= 0.6 is 12.6 Å². The molecule has 0 aromatic heterocycles. The van der Waals surface area contributed by atoms with Gasteiger partial charge in [0.15, 0.2) is 0 Å². The maximum atomic E-state index is 12.1. The first-order valence-corrected chi connectivity index (χ1v) is 9.57. The van der Waals surface area contributed by atoms with Gasteiger partial charge in [0, 0.05) is 5.75 Å². The third kappa shape index (κ3) is 10.8. The SMILES string of the molecule is CC(C)CC(N)C(=O)NC(CS)C(=O)NCC(=O)NC(CC(C)C)C(=O)O. The summed E-state index contributed by atoms with van der Waals surface area (Å²) in [6, 6.07) is -2.71. The number of nitrogens with one attached hydrogen (secondary N) is 3. The number of rotatable bonds is 12. The minimum Gasteiger partial charge on any atom is -0.480 e. The molecule has 0 rings (SSSR count). The van der Waals surface area contributed by atoms with E-state index >= 15 is 0 Å². The van der Waals surface area contributed by atoms with E-state index in [1.54, 1.807) is 0 Å². The lowest BCUT2D eigenvalue weighted by Gasteiger charge is -2.20. The van der Waals surface area contributed by atoms with E-state index in [1.807, 2.05) is 27.7 Å². The van der Waals surface area contributed by atoms with E-state index in [0.29, 0.717) is 6.42 Å². The summed E-state index contributed by atoms with van der Waals surface area (Å²) in [6.07, 6.45) is 0.750. The zero-order valence-electron chi connectivity index (χ0n) is 16.3. The highest BCUT2D eigenvalue weighted by Crippen LogP contribution is 2.05. The van der Waals surface area contributed by atoms with Crippen LogP contribution in [-0.2, 0) is 19.2 Å². The Hall–Kier alpha value is -1.81. The van der Waals surface area contributed by atoms with Gasteiger partial charge in [-0.2, -0.15) is 12.6 Å². The Morgan fingerprint density at radius 2 is 1.48 bits per heavy atom. The summed E-state index contributed by atoms with van der Waals surface area (Å²) in [5.41, 5.74) is 5.78. The van der Waals surface area contributed by atoms with Gasteiger partial charge >= 0.3 is 5.97 Å². The Kier molecular flexibility index (Phi) is 11.7. The molecule has 0 aliphatic heterocycles. The van der Waals surface area contributed by atoms with E-state index in [4.69, 9.17) is 10.8 Å². The predicted octanol–water partition coefficient (Wildman–Crippen LogP) is -0.494. The van der Waals surface area contributed by atoms with Crippen LogP contribution in [0, 0.1) is 11.8 Å². The first-order chi connectivity index (χ1) is 12.5. The minimum absolute atomic E-state index is 0.0265. The van der Waals surface area contributed by atoms with Crippen LogP contribution in [0.4, 0.5) is 0 Å². The molecule has 0 aromatic carbocycles. The summed E-state index contributed by atoms with van der Waals surface area (Å²) in [6.45, 7) is 7.14. The number of amides is 3. The van der Waals surface area contributed by atoms with E-state index < -0.39 is 48.4 Å². The largest absolute Gasteiger partial charge is 0.480 e. The van der Waals surface area contributed by atoms with Crippen molar-refractivity contribution in [3.63, 3.8) is 0 Å². The van der Waals surface area contributed by atoms with Crippen LogP contribution in [0.1, 0.15) is 40.5 Å². The van der Waals surface area contributed by atoms with Crippen molar-refractivity contribution in [2.75, 3.05) is 12.3 Å². The van der Waals surface area contributed by atoms with Gasteiger partial charge < -0.3 is 26.8 Å². The standard InChI is InChI=1S/C17H32N4O5S/c1-9(2)5-11(18)15(23)21-13(8-27)16(24)19-7-14(22)20-12(17(25)26)6-10(3)4/h9-13,27H,5-8,18H2,1-4H3,(H,19,24)(H,20,22)(H,21,23)(H,25,26). The molecule has 6 N–H and O–H groups in total. The minimum atomic E-state index is -1.14. The zero-order valence-corrected chi connectivity index (χ0v) is 17.2. The fourth-order valence-electron chi connectivity index (χ4n) is 2.32. The van der Waals surface area contributed by atoms with Gasteiger partial charge in [0.25, 0.3) is 0 Å². The number of aliphatic carboxylic acids is 1. The first-order valence-electron chi connectivity index (χ1n) is 8.94. The fraction of sp³-hybridized carbons (Fsp3) is 0.765. The maximum absolute atomic E-state index is 12.1. The summed E-state index contributed by atoms with van der Waals surface area (Å²) in [5, 5.41) is 16.3. The molecule has 27 heavy (non-hydrogen) atoms. The lowest BCUT2D eigenvalue weighted by molar-refractivity contribution is -0.142. The van der Waals surface area contributed by atoms with Gasteiger partial charge in [-0.1, -0.05) is 27.7 Å². The molecular formula is C17H32N4O5S. The topological polar surface area (TPSA) is 151 Å². The molecule has 0 bridgehead atoms. The highest BCUT2D eigenvalue weighted by atomic mass is 32.1. The highest BCUT2D eigenvalue weighted by Gasteiger charge is 2.25. The van der Waals surface area contributed by atoms with E-state index in [9.17, 15) is 19.2 Å². The molecule has 0 fully saturated rings. The number of carbonyl (C=O) groups excluding carboxylic acids is 3. The second-order valence-corrected chi connectivity index (χ2v) is 7.65. The van der Waals surface area contributed by atoms with E-state index in [1.165, 1.54) is 0 Å². The second kappa shape index (κ2) is 12.6. The summed E-state index contributed by atoms with van der Waals surface area (Å²) in [7, 11) is 0. The quantitative estimate of drug-likeness (QED) is 0.242. The van der Waals surface area contributed by atoms with Gasteiger partial charge in [-0.3, -0.25) is 14.4 Å². The average Bonchev–Trinajstić information content (AvgIpc) is 2.55. The van der Waals surface area contributed by atoms with Crippen LogP contribution in [0.25, 0.3) is 0 Å². The molecule has 0 radical (unpaired) electrons. The Bertz CT molecular complexity index is 527. The number of carboxylic acids is 1. The molecule has 0 aliphatic carbocycles. The summed E-state index contributed by atoms with van der Waals surface area (Å²) < 4.78 is 0. The van der Waals surface area contributed by atoms with Gasteiger partial charge in [-0.05, 0) is 24.7 Å². The summed E-state index contributed by atoms with van der Waals surface area (Å²) >= 11 is 4.04. The van der Waals surface area contributed by atoms with E-state index in [-0.39, 0.29) is 24.0 Å². The van der Waals surface area contributed by atoms with Gasteiger partial charge in [0.2, 0.25) is 17.7 Å². The van der Waals surface area contributed by atoms with Crippen LogP contribution in [0.5, 0.6) is 0 Å². The molecule has 0 saturated heterocycles. The molecule has 0 heterocycles. The van der Waals surface area contributed by atoms with Crippen molar-refractivity contribution in [3.8, 4) is 0 Å². The number of thiol groups is 1. The van der Waals surface area contributed by atoms with E-state index in [0.717, 1.165) is 0 Å². The summed E-state index contributed by atoms with van der Waals surface area (Å²) in [4.78, 5) is 47.2. The number of hydrogen-bond donors (Lipinski definition) is 6. The van der Waals surface area contributed by atoms with Crippen LogP contribution in [0.15, 0.2) is 0 Å². The Morgan fingerprint density at radius 1 is 0.926 bits per heavy atom. The average molecular weight is 405 g/mol. The van der Waals surface area contributed by atoms with Gasteiger partial charge in [0.05, 0.1) is 12.6 Å². The smallest absolute Gasteiger partial charge is 0.326 e. The lowest BCUT2D eigenvalue weighted by Crippen LogP contribution is -2.54. The van der Waals surface area contributed by atoms with Gasteiger partial charge in [-0.25, -0.2) is 4.79 Å². The fourth-order valence-corrected chi connectivity index (χ4v) is 2.57. The monoisotopic (exact) mass is 404 g/mol. The third-order valence-corrected chi connectivity index (χ3v) is 4.01. The number of hydrogen-bond acceptors (Lipinski definition) is 6. The van der Waals surface area contributed by atoms with Crippen molar-refractivity contribution >= 4 is 36.3 Å². The summed E-state index contributed by atoms with van der Waals surface area (Å²) in [5.74, 6) is -2.49. The van der Waals surface area contributed by atoms with Gasteiger partial charge in [0.1, 0.15) is 12.1 Å². The molecule has 3 amide bonds. The molecule has 3 unspecified atom stereocenters. The molecular weight excluding hydrogens is 372 g/mol. The molecule has 0 aromatic rings. The maximum Gasteiger partial charge on any atom is 0.326 e. The van der Waals surface area contributed by atoms with Crippen LogP contribution < -0.4 is 21.7 Å². The van der Waals surface area contributed by atoms with Gasteiger partial charge in [-0.15, -0.1) is 0 Å². The molecule has 156 valence electrons. The lowest BCUT2D eigenvalue weighted by atomic mass is 10.0. The normalized spacial score (nSPS) is 14.4. The van der Waals surface area contributed by atoms with Crippen molar-refractivity contribution in [1.29, 1.82) is 0 Å². The molecule has 3 atom stereocenters. The predicted molar refractivity (Wildman–Crippen MR) is 105 cm³/mol. The van der Waals surface area contributed by atoms with Crippen LogP contribution in [0.3, 0.4) is 0 Å². The van der Waals surface area contributed by atoms with Crippen LogP contribution in [-0.4, -0.2) is 59.2 Å². The molecule has 0 aliphatic rings. The van der Waals surface area contributed by atoms with Crippen molar-refractivity contribution in [2.24, 2.45) is 17.6 Å². The Morgan fingerprint density at radius 3 is 1.93 bits per heavy atom. The van der Waals surface area contributed by atoms with Crippen LogP contribution in [0.2, 0.25) is 0 Å². The second-order valence-electron chi connectivity index (χ2n) is 7.29. The van der Waals surface area contributed by atoms with Crippen molar-refractivity contribution in [1.82, 2.24) is 16.0 Å². The molecule has 9 nitrogen and oxygen atoms in total. The van der Waals surface area contributed by atoms with Crippen molar-refractivity contribution in [2.45, 2.75) is 58.7 Å². The number of carbonyl (C=O) groups is 4. The van der Waals surface area contributed by atoms with Crippen molar-refractivity contribution in [3.05, 3.63) is 0 Å². The molecule has 0 saturated carbocycles. The number of carboxylic acid groups (broad SMARTS) is 1. The Balaban J connectivity index is 4.56.